The molecule has 0 amide bonds. The molecule has 0 aliphatic heterocycles. The number of fused-ring (bicyclic) bond motifs is 2. The van der Waals surface area contributed by atoms with Crippen molar-refractivity contribution in [1.29, 1.82) is 0 Å². The van der Waals surface area contributed by atoms with Gasteiger partial charge in [-0.05, 0) is 24.3 Å². The lowest BCUT2D eigenvalue weighted by molar-refractivity contribution is 0.102. The Balaban J connectivity index is 1.92. The van der Waals surface area contributed by atoms with Crippen molar-refractivity contribution in [3.8, 4) is 0 Å². The highest BCUT2D eigenvalue weighted by Gasteiger charge is 2.18. The predicted octanol–water partition coefficient (Wildman–Crippen LogP) is 3.16. The first kappa shape index (κ1) is 12.9. The van der Waals surface area contributed by atoms with E-state index < -0.39 is 0 Å². The highest BCUT2D eigenvalue weighted by Crippen LogP contribution is 2.20. The van der Waals surface area contributed by atoms with Crippen molar-refractivity contribution in [2.24, 2.45) is 0 Å². The minimum Gasteiger partial charge on any atom is -0.285 e. The topological polar surface area (TPSA) is 60.2 Å². The van der Waals surface area contributed by atoms with Crippen LogP contribution in [-0.4, -0.2) is 25.4 Å². The summed E-state index contributed by atoms with van der Waals surface area (Å²) in [5.74, 6) is -0.256. The number of pyridine rings is 1. The summed E-state index contributed by atoms with van der Waals surface area (Å²) in [6, 6.07) is 12.8. The van der Waals surface area contributed by atoms with Gasteiger partial charge in [0.2, 0.25) is 11.6 Å². The van der Waals surface area contributed by atoms with Gasteiger partial charge in [-0.25, -0.2) is 9.50 Å². The largest absolute Gasteiger partial charge is 0.285 e. The van der Waals surface area contributed by atoms with Crippen LogP contribution in [0.4, 0.5) is 0 Å². The van der Waals surface area contributed by atoms with Gasteiger partial charge in [-0.3, -0.25) is 9.78 Å². The van der Waals surface area contributed by atoms with Crippen molar-refractivity contribution in [1.82, 2.24) is 19.6 Å². The Kier molecular flexibility index (Phi) is 2.87. The van der Waals surface area contributed by atoms with Gasteiger partial charge in [0.1, 0.15) is 5.52 Å². The van der Waals surface area contributed by atoms with Crippen molar-refractivity contribution in [3.63, 3.8) is 0 Å². The molecule has 5 nitrogen and oxygen atoms in total. The lowest BCUT2D eigenvalue weighted by Gasteiger charge is -2.05. The van der Waals surface area contributed by atoms with E-state index in [2.05, 4.69) is 15.1 Å². The van der Waals surface area contributed by atoms with Crippen LogP contribution >= 0.6 is 11.6 Å². The van der Waals surface area contributed by atoms with Gasteiger partial charge in [-0.2, -0.15) is 0 Å². The Bertz CT molecular complexity index is 1020. The standard InChI is InChI=1S/C16H9ClN4O/c17-15-12-7-3-9-21(12)20-16(19-15)14(22)11-6-1-4-10-5-2-8-18-13(10)11/h1-9H. The molecule has 0 atom stereocenters. The maximum absolute atomic E-state index is 12.7. The highest BCUT2D eigenvalue weighted by atomic mass is 35.5. The lowest BCUT2D eigenvalue weighted by atomic mass is 10.1. The summed E-state index contributed by atoms with van der Waals surface area (Å²) in [5, 5.41) is 5.36. The lowest BCUT2D eigenvalue weighted by Crippen LogP contribution is -2.11. The molecule has 4 aromatic rings. The van der Waals surface area contributed by atoms with Crippen LogP contribution in [0.5, 0.6) is 0 Å². The summed E-state index contributed by atoms with van der Waals surface area (Å²) in [4.78, 5) is 21.1. The minimum absolute atomic E-state index is 0.0480. The molecule has 22 heavy (non-hydrogen) atoms. The van der Waals surface area contributed by atoms with Crippen molar-refractivity contribution in [2.45, 2.75) is 0 Å². The Morgan fingerprint density at radius 2 is 1.95 bits per heavy atom. The number of hydrogen-bond acceptors (Lipinski definition) is 4. The zero-order chi connectivity index (χ0) is 15.1. The van der Waals surface area contributed by atoms with E-state index in [9.17, 15) is 4.79 Å². The Labute approximate surface area is 130 Å². The molecule has 0 bridgehead atoms. The molecule has 0 unspecified atom stereocenters. The normalized spacial score (nSPS) is 11.1. The van der Waals surface area contributed by atoms with Crippen molar-refractivity contribution >= 4 is 33.8 Å². The molecule has 4 rings (SSSR count). The van der Waals surface area contributed by atoms with E-state index in [1.807, 2.05) is 24.3 Å². The molecule has 0 fully saturated rings. The predicted molar refractivity (Wildman–Crippen MR) is 83.2 cm³/mol. The van der Waals surface area contributed by atoms with E-state index in [0.717, 1.165) is 5.39 Å². The van der Waals surface area contributed by atoms with Gasteiger partial charge in [0, 0.05) is 17.8 Å². The summed E-state index contributed by atoms with van der Waals surface area (Å²) < 4.78 is 1.54. The Morgan fingerprint density at radius 3 is 2.86 bits per heavy atom. The molecule has 3 aromatic heterocycles. The zero-order valence-electron chi connectivity index (χ0n) is 11.3. The fraction of sp³-hybridized carbons (Fsp3) is 0. The Morgan fingerprint density at radius 1 is 1.09 bits per heavy atom. The molecule has 6 heteroatoms. The maximum atomic E-state index is 12.7. The van der Waals surface area contributed by atoms with Gasteiger partial charge in [-0.1, -0.05) is 29.8 Å². The number of para-hydroxylation sites is 1. The van der Waals surface area contributed by atoms with Crippen LogP contribution < -0.4 is 0 Å². The third-order valence-corrected chi connectivity index (χ3v) is 3.70. The third kappa shape index (κ3) is 1.95. The molecule has 3 heterocycles. The summed E-state index contributed by atoms with van der Waals surface area (Å²) in [6.45, 7) is 0. The van der Waals surface area contributed by atoms with Crippen LogP contribution in [0.2, 0.25) is 5.15 Å². The minimum atomic E-state index is -0.304. The first-order chi connectivity index (χ1) is 10.7. The average Bonchev–Trinajstić information content (AvgIpc) is 3.03. The number of carbonyl (C=O) groups is 1. The SMILES string of the molecule is O=C(c1nc(Cl)c2cccn2n1)c1cccc2cccnc12. The van der Waals surface area contributed by atoms with Gasteiger partial charge in [0.25, 0.3) is 0 Å². The van der Waals surface area contributed by atoms with Gasteiger partial charge in [-0.15, -0.1) is 5.10 Å². The molecule has 106 valence electrons. The molecular weight excluding hydrogens is 300 g/mol. The van der Waals surface area contributed by atoms with E-state index in [1.165, 1.54) is 0 Å². The molecule has 1 aromatic carbocycles. The van der Waals surface area contributed by atoms with E-state index in [1.54, 1.807) is 35.1 Å². The molecule has 0 radical (unpaired) electrons. The molecule has 0 N–H and O–H groups in total. The van der Waals surface area contributed by atoms with E-state index >= 15 is 0 Å². The second-order valence-electron chi connectivity index (χ2n) is 4.77. The second kappa shape index (κ2) is 4.89. The summed E-state index contributed by atoms with van der Waals surface area (Å²) in [7, 11) is 0. The quantitative estimate of drug-likeness (QED) is 0.534. The highest BCUT2D eigenvalue weighted by molar-refractivity contribution is 6.32. The number of hydrogen-bond donors (Lipinski definition) is 0. The fourth-order valence-corrected chi connectivity index (χ4v) is 2.63. The summed E-state index contributed by atoms with van der Waals surface area (Å²) >= 11 is 6.11. The van der Waals surface area contributed by atoms with Crippen molar-refractivity contribution < 1.29 is 4.79 Å². The second-order valence-corrected chi connectivity index (χ2v) is 5.13. The average molecular weight is 309 g/mol. The number of benzene rings is 1. The van der Waals surface area contributed by atoms with Gasteiger partial charge in [0.05, 0.1) is 11.1 Å². The van der Waals surface area contributed by atoms with E-state index in [-0.39, 0.29) is 16.8 Å². The van der Waals surface area contributed by atoms with Crippen LogP contribution in [0.1, 0.15) is 16.2 Å². The van der Waals surface area contributed by atoms with Gasteiger partial charge < -0.3 is 0 Å². The number of nitrogens with zero attached hydrogens (tertiary/aromatic N) is 4. The first-order valence-corrected chi connectivity index (χ1v) is 7.01. The number of rotatable bonds is 2. The van der Waals surface area contributed by atoms with Crippen LogP contribution in [0.3, 0.4) is 0 Å². The molecule has 0 spiro atoms. The maximum Gasteiger partial charge on any atom is 0.234 e. The fourth-order valence-electron chi connectivity index (χ4n) is 2.40. The van der Waals surface area contributed by atoms with Gasteiger partial charge >= 0.3 is 0 Å². The number of ketones is 1. The Hall–Kier alpha value is -2.79. The molecule has 0 aliphatic rings. The molecule has 0 saturated heterocycles. The smallest absolute Gasteiger partial charge is 0.234 e. The monoisotopic (exact) mass is 308 g/mol. The van der Waals surface area contributed by atoms with E-state index in [4.69, 9.17) is 11.6 Å². The zero-order valence-corrected chi connectivity index (χ0v) is 12.0. The first-order valence-electron chi connectivity index (χ1n) is 6.63. The van der Waals surface area contributed by atoms with Gasteiger partial charge in [0.15, 0.2) is 5.15 Å². The molecular formula is C16H9ClN4O. The number of halogens is 1. The van der Waals surface area contributed by atoms with Crippen LogP contribution in [-0.2, 0) is 0 Å². The van der Waals surface area contributed by atoms with Crippen molar-refractivity contribution in [3.05, 3.63) is 71.4 Å². The summed E-state index contributed by atoms with van der Waals surface area (Å²) in [6.07, 6.45) is 3.38. The number of carbonyl (C=O) groups excluding carboxylic acids is 1. The van der Waals surface area contributed by atoms with E-state index in [0.29, 0.717) is 16.6 Å². The molecule has 0 aliphatic carbocycles. The van der Waals surface area contributed by atoms with Crippen LogP contribution in [0.15, 0.2) is 54.9 Å². The number of aromatic nitrogens is 4. The summed E-state index contributed by atoms with van der Waals surface area (Å²) in [5.41, 5.74) is 1.75. The third-order valence-electron chi connectivity index (χ3n) is 3.43. The van der Waals surface area contributed by atoms with Crippen LogP contribution in [0, 0.1) is 0 Å². The van der Waals surface area contributed by atoms with Crippen LogP contribution in [0.25, 0.3) is 16.4 Å². The molecule has 0 saturated carbocycles. The van der Waals surface area contributed by atoms with Crippen molar-refractivity contribution in [2.75, 3.05) is 0 Å².